The Kier molecular flexibility index (Phi) is 6.05. The molecule has 0 fully saturated rings. The number of ether oxygens (including phenoxy) is 1. The predicted octanol–water partition coefficient (Wildman–Crippen LogP) is 4.19. The van der Waals surface area contributed by atoms with E-state index in [9.17, 15) is 0 Å². The molecule has 22 heavy (non-hydrogen) atoms. The molecule has 3 rings (SSSR count). The summed E-state index contributed by atoms with van der Waals surface area (Å²) in [6.45, 7) is 2.74. The maximum atomic E-state index is 5.55. The van der Waals surface area contributed by atoms with Gasteiger partial charge in [0.1, 0.15) is 5.75 Å². The minimum atomic E-state index is 0. The van der Waals surface area contributed by atoms with Gasteiger partial charge in [0.05, 0.1) is 6.61 Å². The van der Waals surface area contributed by atoms with Crippen LogP contribution in [0, 0.1) is 0 Å². The highest BCUT2D eigenvalue weighted by Crippen LogP contribution is 2.26. The molecule has 0 radical (unpaired) electrons. The van der Waals surface area contributed by atoms with Crippen LogP contribution in [0.15, 0.2) is 54.6 Å². The van der Waals surface area contributed by atoms with Crippen LogP contribution in [0.4, 0.5) is 0 Å². The van der Waals surface area contributed by atoms with Crippen molar-refractivity contribution in [3.05, 3.63) is 71.3 Å². The molecule has 0 unspecified atom stereocenters. The standard InChI is InChI=1S/C19H21NO.ClH/c1-20(12-5-8-16-6-3-2-4-7-16)15-17-9-10-19-18(14-17)11-13-21-19;/h2-10,14H,11-13,15H2,1H3;1H/b8-5+;. The van der Waals surface area contributed by atoms with Crippen LogP contribution in [0.2, 0.25) is 0 Å². The van der Waals surface area contributed by atoms with Gasteiger partial charge in [0.25, 0.3) is 0 Å². The van der Waals surface area contributed by atoms with Crippen molar-refractivity contribution in [2.24, 2.45) is 0 Å². The van der Waals surface area contributed by atoms with Gasteiger partial charge in [-0.1, -0.05) is 54.6 Å². The first-order valence-electron chi connectivity index (χ1n) is 7.46. The zero-order valence-corrected chi connectivity index (χ0v) is 13.7. The lowest BCUT2D eigenvalue weighted by atomic mass is 10.1. The molecule has 0 saturated heterocycles. The molecule has 0 saturated carbocycles. The zero-order chi connectivity index (χ0) is 14.5. The smallest absolute Gasteiger partial charge is 0.122 e. The number of nitrogens with zero attached hydrogens (tertiary/aromatic N) is 1. The Morgan fingerprint density at radius 3 is 2.77 bits per heavy atom. The average molecular weight is 316 g/mol. The lowest BCUT2D eigenvalue weighted by Crippen LogP contribution is -2.17. The highest BCUT2D eigenvalue weighted by Gasteiger charge is 2.12. The Balaban J connectivity index is 0.00000176. The number of rotatable bonds is 5. The van der Waals surface area contributed by atoms with E-state index in [0.29, 0.717) is 0 Å². The van der Waals surface area contributed by atoms with Gasteiger partial charge in [0.2, 0.25) is 0 Å². The van der Waals surface area contributed by atoms with E-state index in [1.54, 1.807) is 0 Å². The predicted molar refractivity (Wildman–Crippen MR) is 94.7 cm³/mol. The number of likely N-dealkylation sites (N-methyl/N-ethyl adjacent to an activating group) is 1. The first kappa shape index (κ1) is 16.6. The molecular formula is C19H22ClNO. The fourth-order valence-corrected chi connectivity index (χ4v) is 2.65. The quantitative estimate of drug-likeness (QED) is 0.820. The van der Waals surface area contributed by atoms with Crippen LogP contribution >= 0.6 is 12.4 Å². The minimum Gasteiger partial charge on any atom is -0.493 e. The molecule has 2 nitrogen and oxygen atoms in total. The van der Waals surface area contributed by atoms with Crippen molar-refractivity contribution in [3.63, 3.8) is 0 Å². The lowest BCUT2D eigenvalue weighted by molar-refractivity contribution is 0.356. The van der Waals surface area contributed by atoms with Crippen LogP contribution in [0.25, 0.3) is 6.08 Å². The minimum absolute atomic E-state index is 0. The van der Waals surface area contributed by atoms with E-state index in [4.69, 9.17) is 4.74 Å². The van der Waals surface area contributed by atoms with Crippen LogP contribution < -0.4 is 4.74 Å². The van der Waals surface area contributed by atoms with Gasteiger partial charge in [-0.2, -0.15) is 0 Å². The van der Waals surface area contributed by atoms with Crippen LogP contribution in [0.3, 0.4) is 0 Å². The fourth-order valence-electron chi connectivity index (χ4n) is 2.65. The molecule has 1 aliphatic rings. The van der Waals surface area contributed by atoms with E-state index >= 15 is 0 Å². The van der Waals surface area contributed by atoms with Crippen LogP contribution in [0.5, 0.6) is 5.75 Å². The Labute approximate surface area is 138 Å². The largest absolute Gasteiger partial charge is 0.493 e. The second-order valence-corrected chi connectivity index (χ2v) is 5.55. The molecule has 0 aromatic heterocycles. The number of fused-ring (bicyclic) bond motifs is 1. The Hall–Kier alpha value is -1.77. The van der Waals surface area contributed by atoms with Crippen molar-refractivity contribution in [2.75, 3.05) is 20.2 Å². The average Bonchev–Trinajstić information content (AvgIpc) is 2.96. The summed E-state index contributed by atoms with van der Waals surface area (Å²) >= 11 is 0. The van der Waals surface area contributed by atoms with Crippen LogP contribution in [-0.2, 0) is 13.0 Å². The SMILES string of the molecule is CN(C/C=C/c1ccccc1)Cc1ccc2c(c1)CCO2.Cl. The van der Waals surface area contributed by atoms with Gasteiger partial charge in [-0.05, 0) is 29.8 Å². The van der Waals surface area contributed by atoms with Crippen molar-refractivity contribution in [1.82, 2.24) is 4.90 Å². The number of hydrogen-bond acceptors (Lipinski definition) is 2. The summed E-state index contributed by atoms with van der Waals surface area (Å²) in [7, 11) is 2.15. The molecular weight excluding hydrogens is 294 g/mol. The van der Waals surface area contributed by atoms with Gasteiger partial charge in [0, 0.05) is 19.5 Å². The lowest BCUT2D eigenvalue weighted by Gasteiger charge is -2.15. The third-order valence-corrected chi connectivity index (χ3v) is 3.73. The van der Waals surface area contributed by atoms with E-state index in [0.717, 1.165) is 31.9 Å². The highest BCUT2D eigenvalue weighted by atomic mass is 35.5. The topological polar surface area (TPSA) is 12.5 Å². The van der Waals surface area contributed by atoms with E-state index in [1.165, 1.54) is 16.7 Å². The summed E-state index contributed by atoms with van der Waals surface area (Å²) in [5.41, 5.74) is 3.95. The van der Waals surface area contributed by atoms with Gasteiger partial charge >= 0.3 is 0 Å². The summed E-state index contributed by atoms with van der Waals surface area (Å²) in [4.78, 5) is 2.32. The molecule has 2 aromatic rings. The van der Waals surface area contributed by atoms with Gasteiger partial charge in [-0.25, -0.2) is 0 Å². The molecule has 116 valence electrons. The first-order chi connectivity index (χ1) is 10.3. The Morgan fingerprint density at radius 1 is 1.14 bits per heavy atom. The van der Waals surface area contributed by atoms with Crippen LogP contribution in [-0.4, -0.2) is 25.1 Å². The van der Waals surface area contributed by atoms with Gasteiger partial charge < -0.3 is 4.74 Å². The molecule has 3 heteroatoms. The monoisotopic (exact) mass is 315 g/mol. The summed E-state index contributed by atoms with van der Waals surface area (Å²) in [5.74, 6) is 1.06. The van der Waals surface area contributed by atoms with Gasteiger partial charge in [-0.3, -0.25) is 4.90 Å². The van der Waals surface area contributed by atoms with Crippen LogP contribution in [0.1, 0.15) is 16.7 Å². The second kappa shape index (κ2) is 8.02. The van der Waals surface area contributed by atoms with Crippen molar-refractivity contribution < 1.29 is 4.74 Å². The number of benzene rings is 2. The summed E-state index contributed by atoms with van der Waals surface area (Å²) in [6, 6.07) is 17.0. The van der Waals surface area contributed by atoms with Gasteiger partial charge in [0.15, 0.2) is 0 Å². The molecule has 0 N–H and O–H groups in total. The van der Waals surface area contributed by atoms with E-state index in [2.05, 4.69) is 66.6 Å². The van der Waals surface area contributed by atoms with E-state index in [1.807, 2.05) is 6.07 Å². The third-order valence-electron chi connectivity index (χ3n) is 3.73. The normalized spacial score (nSPS) is 13.0. The number of halogens is 1. The third kappa shape index (κ3) is 4.36. The van der Waals surface area contributed by atoms with Crippen molar-refractivity contribution in [1.29, 1.82) is 0 Å². The summed E-state index contributed by atoms with van der Waals surface area (Å²) < 4.78 is 5.55. The van der Waals surface area contributed by atoms with Crippen molar-refractivity contribution >= 4 is 18.5 Å². The molecule has 0 spiro atoms. The fraction of sp³-hybridized carbons (Fsp3) is 0.263. The molecule has 1 heterocycles. The Bertz CT molecular complexity index is 625. The van der Waals surface area contributed by atoms with E-state index < -0.39 is 0 Å². The van der Waals surface area contributed by atoms with E-state index in [-0.39, 0.29) is 12.4 Å². The summed E-state index contributed by atoms with van der Waals surface area (Å²) in [6.07, 6.45) is 5.43. The first-order valence-corrected chi connectivity index (χ1v) is 7.46. The Morgan fingerprint density at radius 2 is 1.95 bits per heavy atom. The maximum absolute atomic E-state index is 5.55. The molecule has 0 amide bonds. The van der Waals surface area contributed by atoms with Crippen molar-refractivity contribution in [2.45, 2.75) is 13.0 Å². The summed E-state index contributed by atoms with van der Waals surface area (Å²) in [5, 5.41) is 0. The molecule has 1 aliphatic heterocycles. The van der Waals surface area contributed by atoms with Crippen molar-refractivity contribution in [3.8, 4) is 5.75 Å². The molecule has 0 bridgehead atoms. The molecule has 0 aliphatic carbocycles. The molecule has 2 aromatic carbocycles. The maximum Gasteiger partial charge on any atom is 0.122 e. The van der Waals surface area contributed by atoms with Gasteiger partial charge in [-0.15, -0.1) is 12.4 Å². The number of hydrogen-bond donors (Lipinski definition) is 0. The zero-order valence-electron chi connectivity index (χ0n) is 12.9. The molecule has 0 atom stereocenters. The highest BCUT2D eigenvalue weighted by molar-refractivity contribution is 5.85. The second-order valence-electron chi connectivity index (χ2n) is 5.55.